The average Bonchev–Trinajstić information content (AvgIpc) is 2.69. The second-order valence-corrected chi connectivity index (χ2v) is 11.4. The molecule has 0 atom stereocenters. The fourth-order valence-corrected chi connectivity index (χ4v) is 6.07. The van der Waals surface area contributed by atoms with Crippen molar-refractivity contribution in [2.24, 2.45) is 11.8 Å². The molecule has 0 radical (unpaired) electrons. The standard InChI is InChI=1S/C28H32Br2/c1-17(2)7-5-9-19-15-25(29)23-14-12-22-20(10-6-8-18(3)4)16-26(30)24-13-11-21(19)27(23)28(22)24/h11-18H,5-10H2,1-4H3. The first-order chi connectivity index (χ1) is 14.4. The van der Waals surface area contributed by atoms with Crippen LogP contribution in [0.2, 0.25) is 0 Å². The quantitative estimate of drug-likeness (QED) is 0.200. The van der Waals surface area contributed by atoms with Gasteiger partial charge in [0.2, 0.25) is 0 Å². The predicted octanol–water partition coefficient (Wildman–Crippen LogP) is 10.1. The monoisotopic (exact) mass is 526 g/mol. The van der Waals surface area contributed by atoms with Gasteiger partial charge in [0.15, 0.2) is 0 Å². The highest BCUT2D eigenvalue weighted by Gasteiger charge is 2.17. The van der Waals surface area contributed by atoms with Gasteiger partial charge in [-0.05, 0) is 93.1 Å². The van der Waals surface area contributed by atoms with Crippen molar-refractivity contribution in [3.05, 3.63) is 56.5 Å². The molecule has 0 bridgehead atoms. The largest absolute Gasteiger partial charge is 0.0628 e. The minimum Gasteiger partial charge on any atom is -0.0628 e. The van der Waals surface area contributed by atoms with Crippen molar-refractivity contribution in [3.8, 4) is 0 Å². The predicted molar refractivity (Wildman–Crippen MR) is 141 cm³/mol. The molecule has 0 fully saturated rings. The van der Waals surface area contributed by atoms with Gasteiger partial charge in [0.25, 0.3) is 0 Å². The van der Waals surface area contributed by atoms with Crippen LogP contribution in [0.25, 0.3) is 32.3 Å². The third-order valence-electron chi connectivity index (χ3n) is 6.42. The van der Waals surface area contributed by atoms with Crippen molar-refractivity contribution < 1.29 is 0 Å². The van der Waals surface area contributed by atoms with Crippen molar-refractivity contribution in [2.75, 3.05) is 0 Å². The van der Waals surface area contributed by atoms with Crippen LogP contribution in [0.5, 0.6) is 0 Å². The van der Waals surface area contributed by atoms with Crippen LogP contribution < -0.4 is 0 Å². The van der Waals surface area contributed by atoms with Crippen molar-refractivity contribution in [2.45, 2.75) is 66.2 Å². The molecule has 0 saturated heterocycles. The van der Waals surface area contributed by atoms with Crippen LogP contribution in [-0.2, 0) is 12.8 Å². The summed E-state index contributed by atoms with van der Waals surface area (Å²) in [4.78, 5) is 0. The normalized spacial score (nSPS) is 12.4. The molecule has 0 aromatic heterocycles. The summed E-state index contributed by atoms with van der Waals surface area (Å²) in [6.45, 7) is 9.27. The van der Waals surface area contributed by atoms with E-state index in [1.165, 1.54) is 78.1 Å². The summed E-state index contributed by atoms with van der Waals surface area (Å²) in [5, 5.41) is 8.40. The Morgan fingerprint density at radius 1 is 0.600 bits per heavy atom. The van der Waals surface area contributed by atoms with E-state index in [2.05, 4.69) is 96.0 Å². The maximum Gasteiger partial charge on any atom is 0.0257 e. The molecule has 4 aromatic rings. The Morgan fingerprint density at radius 3 is 1.33 bits per heavy atom. The molecule has 0 aliphatic heterocycles. The topological polar surface area (TPSA) is 0 Å². The second-order valence-electron chi connectivity index (χ2n) is 9.68. The van der Waals surface area contributed by atoms with Gasteiger partial charge in [0.1, 0.15) is 0 Å². The highest BCUT2D eigenvalue weighted by atomic mass is 79.9. The van der Waals surface area contributed by atoms with Gasteiger partial charge in [-0.1, -0.05) is 96.7 Å². The Kier molecular flexibility index (Phi) is 6.75. The van der Waals surface area contributed by atoms with E-state index >= 15 is 0 Å². The molecule has 0 amide bonds. The molecule has 158 valence electrons. The summed E-state index contributed by atoms with van der Waals surface area (Å²) >= 11 is 7.79. The molecule has 0 aliphatic carbocycles. The van der Waals surface area contributed by atoms with Crippen molar-refractivity contribution in [1.29, 1.82) is 0 Å². The Balaban J connectivity index is 1.89. The zero-order valence-corrected chi connectivity index (χ0v) is 21.8. The lowest BCUT2D eigenvalue weighted by molar-refractivity contribution is 0.556. The summed E-state index contributed by atoms with van der Waals surface area (Å²) < 4.78 is 2.45. The smallest absolute Gasteiger partial charge is 0.0257 e. The van der Waals surface area contributed by atoms with E-state index in [0.717, 1.165) is 24.7 Å². The number of hydrogen-bond acceptors (Lipinski definition) is 0. The molecule has 0 saturated carbocycles. The third-order valence-corrected chi connectivity index (χ3v) is 7.74. The number of benzene rings is 4. The van der Waals surface area contributed by atoms with Crippen LogP contribution >= 0.6 is 31.9 Å². The van der Waals surface area contributed by atoms with E-state index in [-0.39, 0.29) is 0 Å². The van der Waals surface area contributed by atoms with Gasteiger partial charge >= 0.3 is 0 Å². The van der Waals surface area contributed by atoms with Crippen LogP contribution in [0.1, 0.15) is 64.5 Å². The van der Waals surface area contributed by atoms with E-state index in [1.807, 2.05) is 0 Å². The summed E-state index contributed by atoms with van der Waals surface area (Å²) in [5.74, 6) is 1.52. The Labute approximate surface area is 198 Å². The lowest BCUT2D eigenvalue weighted by atomic mass is 9.87. The average molecular weight is 528 g/mol. The number of aryl methyl sites for hydroxylation is 2. The molecule has 0 N–H and O–H groups in total. The maximum atomic E-state index is 3.90. The summed E-state index contributed by atoms with van der Waals surface area (Å²) in [7, 11) is 0. The molecule has 4 aromatic carbocycles. The van der Waals surface area contributed by atoms with Crippen LogP contribution in [0.3, 0.4) is 0 Å². The van der Waals surface area contributed by atoms with Gasteiger partial charge < -0.3 is 0 Å². The van der Waals surface area contributed by atoms with Gasteiger partial charge in [-0.25, -0.2) is 0 Å². The Morgan fingerprint density at radius 2 is 0.967 bits per heavy atom. The molecular formula is C28H32Br2. The molecule has 0 unspecified atom stereocenters. The van der Waals surface area contributed by atoms with Crippen LogP contribution in [0.15, 0.2) is 45.3 Å². The van der Waals surface area contributed by atoms with Crippen LogP contribution in [0.4, 0.5) is 0 Å². The van der Waals surface area contributed by atoms with Gasteiger partial charge in [-0.2, -0.15) is 0 Å². The SMILES string of the molecule is CC(C)CCCc1cc(Br)c2ccc3c(CCCC(C)C)cc(Br)c4ccc1c2c43. The minimum absolute atomic E-state index is 0.762. The number of rotatable bonds is 8. The molecular weight excluding hydrogens is 496 g/mol. The van der Waals surface area contributed by atoms with Gasteiger partial charge in [0.05, 0.1) is 0 Å². The van der Waals surface area contributed by atoms with Crippen molar-refractivity contribution in [3.63, 3.8) is 0 Å². The molecule has 2 heteroatoms. The van der Waals surface area contributed by atoms with Gasteiger partial charge in [-0.3, -0.25) is 0 Å². The number of hydrogen-bond donors (Lipinski definition) is 0. The highest BCUT2D eigenvalue weighted by molar-refractivity contribution is 9.11. The second kappa shape index (κ2) is 9.17. The van der Waals surface area contributed by atoms with Crippen molar-refractivity contribution >= 4 is 64.2 Å². The van der Waals surface area contributed by atoms with E-state index in [1.54, 1.807) is 0 Å². The summed E-state index contributed by atoms with van der Waals surface area (Å²) in [6.07, 6.45) is 7.35. The minimum atomic E-state index is 0.762. The summed E-state index contributed by atoms with van der Waals surface area (Å²) in [5.41, 5.74) is 2.96. The first kappa shape index (κ1) is 22.1. The third kappa shape index (κ3) is 4.28. The lowest BCUT2D eigenvalue weighted by Crippen LogP contribution is -1.97. The first-order valence-corrected chi connectivity index (χ1v) is 13.0. The zero-order chi connectivity index (χ0) is 21.4. The zero-order valence-electron chi connectivity index (χ0n) is 18.6. The van der Waals surface area contributed by atoms with E-state index in [4.69, 9.17) is 0 Å². The van der Waals surface area contributed by atoms with Gasteiger partial charge in [-0.15, -0.1) is 0 Å². The lowest BCUT2D eigenvalue weighted by Gasteiger charge is -2.18. The molecule has 0 spiro atoms. The number of halogens is 2. The molecule has 30 heavy (non-hydrogen) atoms. The molecule has 0 aliphatic rings. The Hall–Kier alpha value is -1.12. The highest BCUT2D eigenvalue weighted by Crippen LogP contribution is 2.43. The fourth-order valence-electron chi connectivity index (χ4n) is 4.86. The first-order valence-electron chi connectivity index (χ1n) is 11.4. The van der Waals surface area contributed by atoms with E-state index in [0.29, 0.717) is 0 Å². The maximum absolute atomic E-state index is 3.90. The summed E-state index contributed by atoms with van der Waals surface area (Å²) in [6, 6.07) is 14.1. The molecule has 4 rings (SSSR count). The van der Waals surface area contributed by atoms with Gasteiger partial charge in [0, 0.05) is 8.95 Å². The molecule has 0 nitrogen and oxygen atoms in total. The van der Waals surface area contributed by atoms with Crippen LogP contribution in [0, 0.1) is 11.8 Å². The van der Waals surface area contributed by atoms with Crippen molar-refractivity contribution in [1.82, 2.24) is 0 Å². The Bertz CT molecular complexity index is 1080. The van der Waals surface area contributed by atoms with E-state index < -0.39 is 0 Å². The van der Waals surface area contributed by atoms with Crippen LogP contribution in [-0.4, -0.2) is 0 Å². The van der Waals surface area contributed by atoms with E-state index in [9.17, 15) is 0 Å². The molecule has 0 heterocycles. The fraction of sp³-hybridized carbons (Fsp3) is 0.429.